The van der Waals surface area contributed by atoms with Crippen molar-refractivity contribution in [2.75, 3.05) is 58.9 Å². The third-order valence-corrected chi connectivity index (χ3v) is 16.9. The van der Waals surface area contributed by atoms with E-state index in [0.717, 1.165) is 5.56 Å². The van der Waals surface area contributed by atoms with Gasteiger partial charge in [-0.15, -0.1) is 13.2 Å². The Labute approximate surface area is 602 Å². The van der Waals surface area contributed by atoms with Crippen LogP contribution in [0, 0.1) is 11.8 Å². The maximum Gasteiger partial charge on any atom is 0.326 e. The van der Waals surface area contributed by atoms with Crippen LogP contribution in [0.1, 0.15) is 122 Å². The van der Waals surface area contributed by atoms with Crippen molar-refractivity contribution in [3.8, 4) is 5.75 Å². The highest BCUT2D eigenvalue weighted by atomic mass is 16.4. The first-order chi connectivity index (χ1) is 49.0. The largest absolute Gasteiger partial charge is 0.508 e. The minimum atomic E-state index is -1.45. The van der Waals surface area contributed by atoms with Crippen molar-refractivity contribution in [1.29, 1.82) is 0 Å². The Morgan fingerprint density at radius 1 is 0.573 bits per heavy atom. The molecule has 0 saturated carbocycles. The number of aromatic hydroxyl groups is 1. The lowest BCUT2D eigenvalue weighted by Gasteiger charge is -2.32. The number of nitrogens with two attached hydrogens (primary N) is 7. The number of rotatable bonds is 49. The minimum Gasteiger partial charge on any atom is -0.508 e. The average Bonchev–Trinajstić information content (AvgIpc) is 1.78. The van der Waals surface area contributed by atoms with Crippen LogP contribution in [0.25, 0.3) is 0 Å². The molecule has 3 rings (SSSR count). The summed E-state index contributed by atoms with van der Waals surface area (Å²) in [6, 6.07) is 3.61. The number of guanidine groups is 3. The van der Waals surface area contributed by atoms with Gasteiger partial charge in [0.1, 0.15) is 54.1 Å². The van der Waals surface area contributed by atoms with Crippen LogP contribution in [0.15, 0.2) is 94.9 Å². The molecule has 1 heterocycles. The van der Waals surface area contributed by atoms with Crippen LogP contribution in [-0.2, 0) is 65.6 Å². The predicted octanol–water partition coefficient (Wildman–Crippen LogP) is -2.70. The first kappa shape index (κ1) is 86.8. The number of carbonyl (C=O) groups excluding carboxylic acids is 10. The molecule has 0 radical (unpaired) electrons. The van der Waals surface area contributed by atoms with E-state index in [0.29, 0.717) is 50.9 Å². The van der Waals surface area contributed by atoms with E-state index < -0.39 is 138 Å². The molecule has 25 N–H and O–H groups in total. The Hall–Kier alpha value is -10.4. The molecule has 2 aromatic rings. The Balaban J connectivity index is 1.94. The molecule has 1 saturated heterocycles. The van der Waals surface area contributed by atoms with Gasteiger partial charge in [0.2, 0.25) is 59.1 Å². The number of carboxylic acids is 1. The van der Waals surface area contributed by atoms with E-state index in [-0.39, 0.29) is 126 Å². The zero-order chi connectivity index (χ0) is 76.6. The summed E-state index contributed by atoms with van der Waals surface area (Å²) in [5.74, 6) is -10.4. The molecule has 103 heavy (non-hydrogen) atoms. The number of aliphatic carboxylic acids is 1. The summed E-state index contributed by atoms with van der Waals surface area (Å²) in [4.78, 5) is 170. The average molecular weight is 1440 g/mol. The molecule has 0 unspecified atom stereocenters. The van der Waals surface area contributed by atoms with Gasteiger partial charge in [-0.1, -0.05) is 88.7 Å². The molecule has 10 amide bonds. The molecule has 1 aliphatic rings. The van der Waals surface area contributed by atoms with E-state index >= 15 is 0 Å². The number of benzene rings is 2. The summed E-state index contributed by atoms with van der Waals surface area (Å²) < 4.78 is 0. The molecule has 0 bridgehead atoms. The van der Waals surface area contributed by atoms with E-state index in [1.165, 1.54) is 17.0 Å². The van der Waals surface area contributed by atoms with Crippen molar-refractivity contribution in [2.24, 2.45) is 66.9 Å². The number of carbonyl (C=O) groups is 11. The first-order valence-corrected chi connectivity index (χ1v) is 34.9. The van der Waals surface area contributed by atoms with Crippen LogP contribution in [0.3, 0.4) is 0 Å². The Kier molecular flexibility index (Phi) is 39.6. The van der Waals surface area contributed by atoms with Crippen molar-refractivity contribution in [1.82, 2.24) is 57.7 Å². The van der Waals surface area contributed by atoms with Gasteiger partial charge in [0.15, 0.2) is 17.9 Å². The van der Waals surface area contributed by atoms with Gasteiger partial charge in [-0.25, -0.2) is 4.79 Å². The van der Waals surface area contributed by atoms with Crippen LogP contribution in [0.5, 0.6) is 5.75 Å². The van der Waals surface area contributed by atoms with Crippen molar-refractivity contribution in [3.63, 3.8) is 0 Å². The third kappa shape index (κ3) is 32.9. The van der Waals surface area contributed by atoms with Gasteiger partial charge in [0.25, 0.3) is 0 Å². The first-order valence-electron chi connectivity index (χ1n) is 34.9. The topological polar surface area (TPSA) is 562 Å². The van der Waals surface area contributed by atoms with Gasteiger partial charge in [-0.3, -0.25) is 67.8 Å². The van der Waals surface area contributed by atoms with Gasteiger partial charge >= 0.3 is 5.97 Å². The van der Waals surface area contributed by atoms with Gasteiger partial charge < -0.3 is 103 Å². The molecule has 0 aromatic heterocycles. The summed E-state index contributed by atoms with van der Waals surface area (Å²) in [6.45, 7) is 14.5. The van der Waals surface area contributed by atoms with Crippen LogP contribution < -0.4 is 88.0 Å². The fraction of sp³-hybridized carbons (Fsp3) is 0.565. The zero-order valence-corrected chi connectivity index (χ0v) is 59.7. The molecule has 2 aromatic carbocycles. The second-order valence-corrected chi connectivity index (χ2v) is 25.7. The standard InChI is InChI=1S/C69H111N21O13/c1-7-34-89(35-8-2)54(39-45-26-28-46(91)29-27-45)62(98)81-40-55(92)80-41-56(93)82-52(38-44-19-11-10-12-20-44)61(97)87-51(37-42(4)5)60(96)84-47(22-15-31-77-67(71)72)58(94)83-48(23-16-32-78-68(73)74)59(95)88-57(43(6)9-3)64(100)85-49(24-17-33-79-69(75)76)65(101)90-36-18-25-53(90)63(99)86-50(66(102)103)21-13-14-30-70/h7-8,10-12,19-20,26-29,42-43,47-54,57,91H,1-2,9,13-18,21-25,30-41,70H2,3-6H3,(H,80,92)(H,81,98)(H,82,93)(H,83,94)(H,84,96)(H,85,100)(H,86,99)(H,87,97)(H,88,95)(H,102,103)(H4,71,72,77)(H4,73,74,78)(H4,75,76,79)/t43-,47-,48-,49-,50-,51-,52-,53+,54-,57-/m0/s1. The maximum absolute atomic E-state index is 14.8. The van der Waals surface area contributed by atoms with Crippen molar-refractivity contribution in [3.05, 3.63) is 91.0 Å². The second-order valence-electron chi connectivity index (χ2n) is 25.7. The number of unbranched alkanes of at least 4 members (excludes halogenated alkanes) is 1. The van der Waals surface area contributed by atoms with Crippen molar-refractivity contribution >= 4 is 82.9 Å². The Morgan fingerprint density at radius 2 is 1.07 bits per heavy atom. The molecule has 0 aliphatic carbocycles. The summed E-state index contributed by atoms with van der Waals surface area (Å²) in [5, 5.41) is 43.8. The molecular weight excluding hydrogens is 1330 g/mol. The summed E-state index contributed by atoms with van der Waals surface area (Å²) in [5.41, 5.74) is 40.6. The normalized spacial score (nSPS) is 15.1. The lowest BCUT2D eigenvalue weighted by atomic mass is 9.96. The third-order valence-electron chi connectivity index (χ3n) is 16.9. The monoisotopic (exact) mass is 1440 g/mol. The number of phenolic OH excluding ortho intramolecular Hbond substituents is 1. The van der Waals surface area contributed by atoms with Gasteiger partial charge in [-0.2, -0.15) is 0 Å². The van der Waals surface area contributed by atoms with Crippen LogP contribution in [-0.4, -0.2) is 216 Å². The smallest absolute Gasteiger partial charge is 0.326 e. The highest BCUT2D eigenvalue weighted by Gasteiger charge is 2.41. The van der Waals surface area contributed by atoms with Gasteiger partial charge in [0, 0.05) is 45.7 Å². The predicted molar refractivity (Wildman–Crippen MR) is 391 cm³/mol. The number of carboxylic acid groups (broad SMARTS) is 1. The number of hydrogen-bond donors (Lipinski definition) is 18. The lowest BCUT2D eigenvalue weighted by Crippen LogP contribution is -2.61. The van der Waals surface area contributed by atoms with Gasteiger partial charge in [-0.05, 0) is 125 Å². The van der Waals surface area contributed by atoms with E-state index in [2.05, 4.69) is 76.0 Å². The zero-order valence-electron chi connectivity index (χ0n) is 59.7. The van der Waals surface area contributed by atoms with E-state index in [9.17, 15) is 63.0 Å². The number of likely N-dealkylation sites (tertiary alicyclic amines) is 1. The Morgan fingerprint density at radius 3 is 1.59 bits per heavy atom. The SMILES string of the molecule is C=CCN(CC=C)[C@@H](Cc1ccc(O)cc1)C(=O)NCC(=O)NCC(=O)N[C@@H](Cc1ccccc1)C(=O)N[C@@H](CC(C)C)C(=O)N[C@@H](CCCN=C(N)N)C(=O)N[C@@H](CCCN=C(N)N)C(=O)N[C@H](C(=O)N[C@@H](CCCN=C(N)N)C(=O)N1CCC[C@@H]1C(=O)N[C@@H](CCCCN)C(=O)O)[C@@H](C)CC. The van der Waals surface area contributed by atoms with Crippen LogP contribution >= 0.6 is 0 Å². The summed E-state index contributed by atoms with van der Waals surface area (Å²) >= 11 is 0. The van der Waals surface area contributed by atoms with Crippen LogP contribution in [0.2, 0.25) is 0 Å². The van der Waals surface area contributed by atoms with E-state index in [4.69, 9.17) is 40.1 Å². The fourth-order valence-corrected chi connectivity index (χ4v) is 11.3. The van der Waals surface area contributed by atoms with Crippen molar-refractivity contribution < 1.29 is 63.0 Å². The molecule has 0 spiro atoms. The number of phenols is 1. The van der Waals surface area contributed by atoms with Crippen LogP contribution in [0.4, 0.5) is 0 Å². The lowest BCUT2D eigenvalue weighted by molar-refractivity contribution is -0.145. The molecule has 1 fully saturated rings. The Bertz CT molecular complexity index is 3190. The number of amides is 10. The molecule has 570 valence electrons. The minimum absolute atomic E-state index is 0.00404. The molecule has 34 nitrogen and oxygen atoms in total. The molecular formula is C69H111N21O13. The van der Waals surface area contributed by atoms with E-state index in [1.807, 2.05) is 0 Å². The quantitative estimate of drug-likeness (QED) is 0.0139. The summed E-state index contributed by atoms with van der Waals surface area (Å²) in [7, 11) is 0. The van der Waals surface area contributed by atoms with E-state index in [1.54, 1.807) is 87.2 Å². The number of aliphatic imine (C=N–C) groups is 3. The molecule has 10 atom stereocenters. The molecule has 1 aliphatic heterocycles. The fourth-order valence-electron chi connectivity index (χ4n) is 11.3. The second kappa shape index (κ2) is 46.9. The number of hydrogen-bond acceptors (Lipinski definition) is 17. The number of nitrogens with one attached hydrogen (secondary N) is 9. The van der Waals surface area contributed by atoms with Gasteiger partial charge in [0.05, 0.1) is 19.1 Å². The molecule has 34 heteroatoms. The van der Waals surface area contributed by atoms with Crippen molar-refractivity contribution in [2.45, 2.75) is 178 Å². The highest BCUT2D eigenvalue weighted by Crippen LogP contribution is 2.22. The summed E-state index contributed by atoms with van der Waals surface area (Å²) in [6.07, 6.45) is 5.41. The maximum atomic E-state index is 14.8. The highest BCUT2D eigenvalue weighted by molar-refractivity contribution is 5.99. The number of nitrogens with zero attached hydrogens (tertiary/aromatic N) is 5.